The van der Waals surface area contributed by atoms with E-state index >= 15 is 0 Å². The van der Waals surface area contributed by atoms with Gasteiger partial charge in [0.05, 0.1) is 17.2 Å². The van der Waals surface area contributed by atoms with Gasteiger partial charge in [0.2, 0.25) is 0 Å². The molecule has 0 aliphatic rings. The van der Waals surface area contributed by atoms with Crippen molar-refractivity contribution in [1.82, 2.24) is 9.78 Å². The Hall–Kier alpha value is -1.42. The lowest BCUT2D eigenvalue weighted by molar-refractivity contribution is -0.119. The average molecular weight is 279 g/mol. The first kappa shape index (κ1) is 11.1. The Balaban J connectivity index is 1.95. The number of carbonyl (C=O) groups is 1. The van der Waals surface area contributed by atoms with Gasteiger partial charge in [0.25, 0.3) is 0 Å². The number of ketones is 1. The topological polar surface area (TPSA) is 34.9 Å². The Morgan fingerprint density at radius 3 is 2.69 bits per heavy atom. The van der Waals surface area contributed by atoms with Gasteiger partial charge in [-0.25, -0.2) is 0 Å². The fourth-order valence-electron chi connectivity index (χ4n) is 1.48. The summed E-state index contributed by atoms with van der Waals surface area (Å²) in [6.07, 6.45) is 3.93. The number of hydrogen-bond acceptors (Lipinski definition) is 2. The van der Waals surface area contributed by atoms with Crippen molar-refractivity contribution in [2.45, 2.75) is 13.0 Å². The van der Waals surface area contributed by atoms with Gasteiger partial charge in [0.1, 0.15) is 0 Å². The number of aromatic nitrogens is 2. The lowest BCUT2D eigenvalue weighted by Gasteiger charge is -2.01. The molecule has 0 amide bonds. The van der Waals surface area contributed by atoms with Crippen molar-refractivity contribution >= 4 is 21.7 Å². The monoisotopic (exact) mass is 278 g/mol. The van der Waals surface area contributed by atoms with E-state index < -0.39 is 0 Å². The number of carbonyl (C=O) groups excluding carboxylic acids is 1. The molecule has 0 fully saturated rings. The van der Waals surface area contributed by atoms with E-state index in [1.165, 1.54) is 0 Å². The highest BCUT2D eigenvalue weighted by atomic mass is 79.9. The van der Waals surface area contributed by atoms with Crippen LogP contribution >= 0.6 is 15.9 Å². The summed E-state index contributed by atoms with van der Waals surface area (Å²) in [5, 5.41) is 4.05. The maximum atomic E-state index is 11.7. The zero-order valence-electron chi connectivity index (χ0n) is 8.64. The van der Waals surface area contributed by atoms with Crippen molar-refractivity contribution in [3.63, 3.8) is 0 Å². The van der Waals surface area contributed by atoms with Crippen molar-refractivity contribution in [2.75, 3.05) is 0 Å². The minimum Gasteiger partial charge on any atom is -0.297 e. The Morgan fingerprint density at radius 2 is 2.06 bits per heavy atom. The fraction of sp³-hybridized carbons (Fsp3) is 0.167. The van der Waals surface area contributed by atoms with Crippen LogP contribution in [0.3, 0.4) is 0 Å². The van der Waals surface area contributed by atoms with E-state index in [0.29, 0.717) is 13.0 Å². The third-order valence-electron chi connectivity index (χ3n) is 2.18. The van der Waals surface area contributed by atoms with Gasteiger partial charge in [-0.3, -0.25) is 9.48 Å². The lowest BCUT2D eigenvalue weighted by Crippen LogP contribution is -2.12. The first-order chi connectivity index (χ1) is 7.74. The molecule has 0 radical (unpaired) electrons. The molecule has 82 valence electrons. The van der Waals surface area contributed by atoms with Crippen LogP contribution in [-0.2, 0) is 17.8 Å². The highest BCUT2D eigenvalue weighted by Gasteiger charge is 2.05. The molecule has 0 bridgehead atoms. The van der Waals surface area contributed by atoms with E-state index in [1.54, 1.807) is 17.1 Å². The summed E-state index contributed by atoms with van der Waals surface area (Å²) < 4.78 is 2.52. The molecular weight excluding hydrogens is 268 g/mol. The minimum atomic E-state index is 0.154. The number of hydrogen-bond donors (Lipinski definition) is 0. The van der Waals surface area contributed by atoms with Crippen LogP contribution in [0.2, 0.25) is 0 Å². The molecule has 4 heteroatoms. The summed E-state index contributed by atoms with van der Waals surface area (Å²) in [6.45, 7) is 0.320. The van der Waals surface area contributed by atoms with Crippen molar-refractivity contribution in [1.29, 1.82) is 0 Å². The van der Waals surface area contributed by atoms with Crippen LogP contribution in [0.25, 0.3) is 0 Å². The van der Waals surface area contributed by atoms with Crippen LogP contribution in [0.4, 0.5) is 0 Å². The van der Waals surface area contributed by atoms with Gasteiger partial charge in [-0.2, -0.15) is 5.10 Å². The van der Waals surface area contributed by atoms with E-state index in [0.717, 1.165) is 10.0 Å². The third-order valence-corrected chi connectivity index (χ3v) is 2.59. The maximum absolute atomic E-state index is 11.7. The average Bonchev–Trinajstić information content (AvgIpc) is 2.65. The van der Waals surface area contributed by atoms with E-state index in [4.69, 9.17) is 0 Å². The molecule has 0 unspecified atom stereocenters. The van der Waals surface area contributed by atoms with Gasteiger partial charge >= 0.3 is 0 Å². The molecule has 0 saturated heterocycles. The maximum Gasteiger partial charge on any atom is 0.158 e. The van der Waals surface area contributed by atoms with Crippen molar-refractivity contribution in [3.8, 4) is 0 Å². The van der Waals surface area contributed by atoms with E-state index in [2.05, 4.69) is 21.0 Å². The Kier molecular flexibility index (Phi) is 3.51. The predicted molar refractivity (Wildman–Crippen MR) is 65.1 cm³/mol. The standard InChI is InChI=1S/C12H11BrN2O/c13-11-7-14-15(8-11)9-12(16)6-10-4-2-1-3-5-10/h1-5,7-8H,6,9H2. The lowest BCUT2D eigenvalue weighted by atomic mass is 10.1. The minimum absolute atomic E-state index is 0.154. The van der Waals surface area contributed by atoms with Crippen LogP contribution in [0.1, 0.15) is 5.56 Å². The normalized spacial score (nSPS) is 10.3. The highest BCUT2D eigenvalue weighted by molar-refractivity contribution is 9.10. The molecule has 0 saturated carbocycles. The van der Waals surface area contributed by atoms with Gasteiger partial charge in [-0.15, -0.1) is 0 Å². The molecule has 3 nitrogen and oxygen atoms in total. The summed E-state index contributed by atoms with van der Waals surface area (Å²) >= 11 is 3.29. The SMILES string of the molecule is O=C(Cc1ccccc1)Cn1cc(Br)cn1. The van der Waals surface area contributed by atoms with Crippen LogP contribution in [0.15, 0.2) is 47.2 Å². The van der Waals surface area contributed by atoms with Gasteiger partial charge in [0, 0.05) is 12.6 Å². The number of rotatable bonds is 4. The Labute approximate surface area is 102 Å². The molecule has 0 aliphatic heterocycles. The van der Waals surface area contributed by atoms with Crippen LogP contribution in [0.5, 0.6) is 0 Å². The molecule has 0 N–H and O–H groups in total. The molecule has 1 aromatic heterocycles. The van der Waals surface area contributed by atoms with E-state index in [9.17, 15) is 4.79 Å². The Bertz CT molecular complexity index is 479. The first-order valence-corrected chi connectivity index (χ1v) is 5.77. The van der Waals surface area contributed by atoms with Crippen molar-refractivity contribution in [3.05, 3.63) is 52.8 Å². The second-order valence-corrected chi connectivity index (χ2v) is 4.47. The Morgan fingerprint density at radius 1 is 1.31 bits per heavy atom. The molecule has 1 aromatic carbocycles. The van der Waals surface area contributed by atoms with Crippen LogP contribution in [-0.4, -0.2) is 15.6 Å². The molecular formula is C12H11BrN2O. The zero-order chi connectivity index (χ0) is 11.4. The quantitative estimate of drug-likeness (QED) is 0.861. The number of nitrogens with zero attached hydrogens (tertiary/aromatic N) is 2. The summed E-state index contributed by atoms with van der Waals surface area (Å²) in [5.74, 6) is 0.154. The van der Waals surface area contributed by atoms with Crippen LogP contribution in [0, 0.1) is 0 Å². The fourth-order valence-corrected chi connectivity index (χ4v) is 1.81. The van der Waals surface area contributed by atoms with Gasteiger partial charge < -0.3 is 0 Å². The third kappa shape index (κ3) is 3.03. The molecule has 2 rings (SSSR count). The molecule has 16 heavy (non-hydrogen) atoms. The van der Waals surface area contributed by atoms with E-state index in [1.807, 2.05) is 30.3 Å². The zero-order valence-corrected chi connectivity index (χ0v) is 10.2. The summed E-state index contributed by atoms with van der Waals surface area (Å²) in [7, 11) is 0. The van der Waals surface area contributed by atoms with Gasteiger partial charge in [-0.1, -0.05) is 30.3 Å². The largest absolute Gasteiger partial charge is 0.297 e. The highest BCUT2D eigenvalue weighted by Crippen LogP contribution is 2.07. The van der Waals surface area contributed by atoms with Crippen molar-refractivity contribution in [2.24, 2.45) is 0 Å². The van der Waals surface area contributed by atoms with Crippen LogP contribution < -0.4 is 0 Å². The second kappa shape index (κ2) is 5.07. The molecule has 0 atom stereocenters. The molecule has 0 aliphatic carbocycles. The smallest absolute Gasteiger partial charge is 0.158 e. The summed E-state index contributed by atoms with van der Waals surface area (Å²) in [5.41, 5.74) is 1.04. The number of benzene rings is 1. The summed E-state index contributed by atoms with van der Waals surface area (Å²) in [6, 6.07) is 9.73. The van der Waals surface area contributed by atoms with Crippen molar-refractivity contribution < 1.29 is 4.79 Å². The molecule has 0 spiro atoms. The van der Waals surface area contributed by atoms with Gasteiger partial charge in [-0.05, 0) is 21.5 Å². The first-order valence-electron chi connectivity index (χ1n) is 4.97. The van der Waals surface area contributed by atoms with Gasteiger partial charge in [0.15, 0.2) is 5.78 Å². The summed E-state index contributed by atoms with van der Waals surface area (Å²) in [4.78, 5) is 11.7. The predicted octanol–water partition coefficient (Wildman–Crippen LogP) is 2.46. The molecule has 1 heterocycles. The number of Topliss-reactive ketones (excluding diaryl/α,β-unsaturated/α-hetero) is 1. The van der Waals surface area contributed by atoms with E-state index in [-0.39, 0.29) is 5.78 Å². The number of halogens is 1. The molecule has 2 aromatic rings. The second-order valence-electron chi connectivity index (χ2n) is 3.56.